The molecule has 0 fully saturated rings. The third-order valence-corrected chi connectivity index (χ3v) is 4.33. The SMILES string of the molecule is Cc1cc(C)nc(C(=O)N(NC(=O)c2ccc3c(c2)B(O)OC3)C(C)(C)C)n1. The van der Waals surface area contributed by atoms with Crippen molar-refractivity contribution in [1.82, 2.24) is 20.4 Å². The molecule has 2 N–H and O–H groups in total. The van der Waals surface area contributed by atoms with Crippen LogP contribution >= 0.6 is 0 Å². The van der Waals surface area contributed by atoms with E-state index in [1.165, 1.54) is 5.01 Å². The molecule has 0 radical (unpaired) electrons. The quantitative estimate of drug-likeness (QED) is 0.591. The second kappa shape index (κ2) is 7.33. The summed E-state index contributed by atoms with van der Waals surface area (Å²) in [7, 11) is -1.05. The van der Waals surface area contributed by atoms with Crippen LogP contribution in [0.15, 0.2) is 24.3 Å². The van der Waals surface area contributed by atoms with Gasteiger partial charge in [-0.2, -0.15) is 0 Å². The minimum absolute atomic E-state index is 0.0190. The standard InChI is InChI=1S/C19H23BN4O4/c1-11-8-12(2)22-16(21-11)18(26)24(19(3,4)5)23-17(25)13-6-7-14-10-28-20(27)15(14)9-13/h6-9,27H,10H2,1-5H3,(H,23,25). The number of aromatic nitrogens is 2. The van der Waals surface area contributed by atoms with Gasteiger partial charge in [-0.15, -0.1) is 0 Å². The van der Waals surface area contributed by atoms with Crippen LogP contribution in [0.4, 0.5) is 0 Å². The van der Waals surface area contributed by atoms with Gasteiger partial charge in [0.15, 0.2) is 0 Å². The average Bonchev–Trinajstić information content (AvgIpc) is 2.97. The minimum atomic E-state index is -1.05. The van der Waals surface area contributed by atoms with E-state index in [1.807, 2.05) is 0 Å². The molecule has 1 aliphatic rings. The maximum atomic E-state index is 13.0. The molecular weight excluding hydrogens is 359 g/mol. The van der Waals surface area contributed by atoms with Crippen molar-refractivity contribution in [3.63, 3.8) is 0 Å². The van der Waals surface area contributed by atoms with Gasteiger partial charge in [0, 0.05) is 17.0 Å². The summed E-state index contributed by atoms with van der Waals surface area (Å²) < 4.78 is 5.15. The van der Waals surface area contributed by atoms with E-state index in [-0.39, 0.29) is 5.82 Å². The number of carbonyl (C=O) groups excluding carboxylic acids is 2. The fraction of sp³-hybridized carbons (Fsp3) is 0.368. The van der Waals surface area contributed by atoms with Crippen LogP contribution in [0, 0.1) is 13.8 Å². The van der Waals surface area contributed by atoms with Crippen LogP contribution in [-0.4, -0.2) is 44.5 Å². The van der Waals surface area contributed by atoms with Crippen LogP contribution < -0.4 is 10.9 Å². The first-order valence-electron chi connectivity index (χ1n) is 8.96. The van der Waals surface area contributed by atoms with Gasteiger partial charge in [-0.05, 0) is 63.8 Å². The molecule has 0 unspecified atom stereocenters. The van der Waals surface area contributed by atoms with Gasteiger partial charge in [0.05, 0.1) is 12.1 Å². The highest BCUT2D eigenvalue weighted by Gasteiger charge is 2.33. The van der Waals surface area contributed by atoms with Gasteiger partial charge in [-0.1, -0.05) is 6.07 Å². The van der Waals surface area contributed by atoms with Crippen molar-refractivity contribution in [2.45, 2.75) is 46.8 Å². The summed E-state index contributed by atoms with van der Waals surface area (Å²) in [6.45, 7) is 9.26. The molecule has 0 saturated heterocycles. The number of benzene rings is 1. The lowest BCUT2D eigenvalue weighted by molar-refractivity contribution is 0.0348. The molecule has 2 amide bonds. The second-order valence-electron chi connectivity index (χ2n) is 7.80. The first-order chi connectivity index (χ1) is 13.1. The fourth-order valence-corrected chi connectivity index (χ4v) is 2.97. The molecule has 9 heteroatoms. The highest BCUT2D eigenvalue weighted by molar-refractivity contribution is 6.61. The predicted molar refractivity (Wildman–Crippen MR) is 104 cm³/mol. The van der Waals surface area contributed by atoms with Crippen molar-refractivity contribution in [2.75, 3.05) is 0 Å². The zero-order valence-electron chi connectivity index (χ0n) is 16.6. The first kappa shape index (κ1) is 20.0. The smallest absolute Gasteiger partial charge is 0.423 e. The lowest BCUT2D eigenvalue weighted by Gasteiger charge is -2.35. The van der Waals surface area contributed by atoms with Crippen LogP contribution in [0.5, 0.6) is 0 Å². The Morgan fingerprint density at radius 2 is 1.82 bits per heavy atom. The molecule has 2 aromatic rings. The predicted octanol–water partition coefficient (Wildman–Crippen LogP) is 0.897. The number of carbonyl (C=O) groups is 2. The van der Waals surface area contributed by atoms with Crippen LogP contribution in [0.3, 0.4) is 0 Å². The lowest BCUT2D eigenvalue weighted by atomic mass is 9.79. The summed E-state index contributed by atoms with van der Waals surface area (Å²) in [5.74, 6) is -0.961. The summed E-state index contributed by atoms with van der Waals surface area (Å²) in [5, 5.41) is 11.1. The summed E-state index contributed by atoms with van der Waals surface area (Å²) >= 11 is 0. The van der Waals surface area contributed by atoms with E-state index in [4.69, 9.17) is 4.65 Å². The summed E-state index contributed by atoms with van der Waals surface area (Å²) in [5.41, 5.74) is 4.98. The Morgan fingerprint density at radius 1 is 1.18 bits per heavy atom. The first-order valence-corrected chi connectivity index (χ1v) is 8.96. The maximum absolute atomic E-state index is 13.0. The van der Waals surface area contributed by atoms with E-state index in [2.05, 4.69) is 15.4 Å². The van der Waals surface area contributed by atoms with Crippen LogP contribution in [0.1, 0.15) is 58.7 Å². The zero-order valence-corrected chi connectivity index (χ0v) is 16.6. The number of hydrogen-bond donors (Lipinski definition) is 2. The van der Waals surface area contributed by atoms with E-state index < -0.39 is 24.5 Å². The molecule has 0 spiro atoms. The Balaban J connectivity index is 1.88. The molecule has 1 aliphatic heterocycles. The third-order valence-electron chi connectivity index (χ3n) is 4.33. The Labute approximate surface area is 164 Å². The normalized spacial score (nSPS) is 13.3. The zero-order chi connectivity index (χ0) is 20.6. The molecule has 3 rings (SSSR count). The second-order valence-corrected chi connectivity index (χ2v) is 7.80. The van der Waals surface area contributed by atoms with Gasteiger partial charge in [-0.25, -0.2) is 15.0 Å². The van der Waals surface area contributed by atoms with Crippen LogP contribution in [-0.2, 0) is 11.3 Å². The van der Waals surface area contributed by atoms with Crippen molar-refractivity contribution in [1.29, 1.82) is 0 Å². The number of rotatable bonds is 2. The summed E-state index contributed by atoms with van der Waals surface area (Å²) in [4.78, 5) is 34.2. The Morgan fingerprint density at radius 3 is 2.43 bits per heavy atom. The fourth-order valence-electron chi connectivity index (χ4n) is 2.97. The largest absolute Gasteiger partial charge is 0.491 e. The minimum Gasteiger partial charge on any atom is -0.423 e. The van der Waals surface area contributed by atoms with E-state index in [0.29, 0.717) is 29.0 Å². The number of nitrogens with zero attached hydrogens (tertiary/aromatic N) is 3. The van der Waals surface area contributed by atoms with Crippen LogP contribution in [0.2, 0.25) is 0 Å². The topological polar surface area (TPSA) is 105 Å². The molecule has 2 heterocycles. The number of hydrogen-bond acceptors (Lipinski definition) is 6. The van der Waals surface area contributed by atoms with Crippen molar-refractivity contribution in [2.24, 2.45) is 0 Å². The highest BCUT2D eigenvalue weighted by atomic mass is 16.5. The molecular formula is C19H23BN4O4. The third kappa shape index (κ3) is 4.05. The van der Waals surface area contributed by atoms with E-state index in [1.54, 1.807) is 58.9 Å². The molecule has 146 valence electrons. The Hall–Kier alpha value is -2.78. The maximum Gasteiger partial charge on any atom is 0.491 e. The molecule has 0 aliphatic carbocycles. The molecule has 0 saturated carbocycles. The molecule has 1 aromatic carbocycles. The number of fused-ring (bicyclic) bond motifs is 1. The summed E-state index contributed by atoms with van der Waals surface area (Å²) in [6.07, 6.45) is 0. The van der Waals surface area contributed by atoms with E-state index in [9.17, 15) is 14.6 Å². The van der Waals surface area contributed by atoms with Gasteiger partial charge in [0.1, 0.15) is 0 Å². The molecule has 8 nitrogen and oxygen atoms in total. The van der Waals surface area contributed by atoms with Gasteiger partial charge in [0.25, 0.3) is 5.91 Å². The van der Waals surface area contributed by atoms with Crippen molar-refractivity contribution < 1.29 is 19.3 Å². The number of hydrazine groups is 1. The van der Waals surface area contributed by atoms with Crippen molar-refractivity contribution >= 4 is 24.4 Å². The summed E-state index contributed by atoms with van der Waals surface area (Å²) in [6, 6.07) is 6.71. The van der Waals surface area contributed by atoms with E-state index >= 15 is 0 Å². The number of amides is 2. The highest BCUT2D eigenvalue weighted by Crippen LogP contribution is 2.16. The van der Waals surface area contributed by atoms with Crippen LogP contribution in [0.25, 0.3) is 0 Å². The van der Waals surface area contributed by atoms with E-state index in [0.717, 1.165) is 5.56 Å². The number of aryl methyl sites for hydroxylation is 2. The average molecular weight is 382 g/mol. The van der Waals surface area contributed by atoms with Gasteiger partial charge < -0.3 is 9.68 Å². The van der Waals surface area contributed by atoms with Gasteiger partial charge in [0.2, 0.25) is 5.82 Å². The molecule has 28 heavy (non-hydrogen) atoms. The Kier molecular flexibility index (Phi) is 5.23. The van der Waals surface area contributed by atoms with Gasteiger partial charge in [-0.3, -0.25) is 15.0 Å². The van der Waals surface area contributed by atoms with Gasteiger partial charge >= 0.3 is 13.0 Å². The molecule has 0 atom stereocenters. The molecule has 0 bridgehead atoms. The monoisotopic (exact) mass is 382 g/mol. The van der Waals surface area contributed by atoms with Crippen molar-refractivity contribution in [3.8, 4) is 0 Å². The molecule has 1 aromatic heterocycles. The van der Waals surface area contributed by atoms with Crippen molar-refractivity contribution in [3.05, 3.63) is 52.6 Å². The Bertz CT molecular complexity index is 922. The lowest BCUT2D eigenvalue weighted by Crippen LogP contribution is -2.56. The number of nitrogens with one attached hydrogen (secondary N) is 1.